The Kier molecular flexibility index (Phi) is 3.28. The molecule has 0 saturated heterocycles. The number of hydrogen-bond acceptors (Lipinski definition) is 1. The first kappa shape index (κ1) is 6.05. The van der Waals surface area contributed by atoms with E-state index in [0.717, 1.165) is 0 Å². The molecule has 34 valence electrons. The average Bonchev–Trinajstić information content (AvgIpc) is 1.35. The molecule has 0 aliphatic heterocycles. The normalized spacial score (nSPS) is 7.50. The molecule has 0 amide bonds. The average molecular weight is 124 g/mol. The zero-order chi connectivity index (χ0) is 4.99. The summed E-state index contributed by atoms with van der Waals surface area (Å²) in [4.78, 5) is 0. The summed E-state index contributed by atoms with van der Waals surface area (Å²) in [5, 5.41) is 0.412. The molecule has 0 N–H and O–H groups in total. The van der Waals surface area contributed by atoms with Gasteiger partial charge in [0.15, 0.2) is 0 Å². The van der Waals surface area contributed by atoms with Gasteiger partial charge in [0.05, 0.1) is 5.03 Å². The minimum atomic E-state index is 0.307. The first-order valence-electron chi connectivity index (χ1n) is 1.35. The molecule has 0 fully saturated rings. The second kappa shape index (κ2) is 3.25. The molecule has 6 heavy (non-hydrogen) atoms. The van der Waals surface area contributed by atoms with Crippen molar-refractivity contribution in [3.8, 4) is 0 Å². The van der Waals surface area contributed by atoms with E-state index in [4.69, 9.17) is 11.6 Å². The molecule has 0 aromatic heterocycles. The summed E-state index contributed by atoms with van der Waals surface area (Å²) in [6.45, 7) is 3.29. The molecule has 0 aliphatic carbocycles. The van der Waals surface area contributed by atoms with Crippen LogP contribution >= 0.6 is 11.6 Å². The quantitative estimate of drug-likeness (QED) is 0.504. The van der Waals surface area contributed by atoms with Gasteiger partial charge in [-0.15, -0.1) is 0 Å². The Morgan fingerprint density at radius 2 is 2.50 bits per heavy atom. The van der Waals surface area contributed by atoms with Crippen LogP contribution in [0.25, 0.3) is 0 Å². The number of halogens is 1. The molecule has 0 unspecified atom stereocenters. The van der Waals surface area contributed by atoms with Crippen LogP contribution in [0, 0.1) is 0 Å². The highest BCUT2D eigenvalue weighted by atomic mass is 35.5. The predicted octanol–water partition coefficient (Wildman–Crippen LogP) is 1.17. The highest BCUT2D eigenvalue weighted by molar-refractivity contribution is 7.65. The lowest BCUT2D eigenvalue weighted by Crippen LogP contribution is -1.73. The monoisotopic (exact) mass is 123 g/mol. The fraction of sp³-hybridized carbons (Fsp3) is 0.333. The lowest BCUT2D eigenvalue weighted by molar-refractivity contribution is 0.606. The summed E-state index contributed by atoms with van der Waals surface area (Å²) in [6, 6.07) is 0. The Hall–Kier alpha value is 0.0500. The maximum Gasteiger partial charge on any atom is 0.464 e. The Labute approximate surface area is 45.5 Å². The van der Waals surface area contributed by atoms with Crippen LogP contribution in [0.4, 0.5) is 0 Å². The summed E-state index contributed by atoms with van der Waals surface area (Å²) < 4.78 is 9.51. The molecule has 3 heteroatoms. The van der Waals surface area contributed by atoms with E-state index in [2.05, 4.69) is 6.58 Å². The van der Waals surface area contributed by atoms with Crippen molar-refractivity contribution in [2.24, 2.45) is 0 Å². The molecule has 0 radical (unpaired) electrons. The largest absolute Gasteiger partial charge is 0.464 e. The zero-order valence-electron chi connectivity index (χ0n) is 3.11. The van der Waals surface area contributed by atoms with Crippen LogP contribution in [0.2, 0.25) is 0 Å². The zero-order valence-corrected chi connectivity index (χ0v) is 4.68. The van der Waals surface area contributed by atoms with Gasteiger partial charge < -0.3 is 0 Å². The molecule has 1 nitrogen and oxygen atoms in total. The van der Waals surface area contributed by atoms with Gasteiger partial charge in [-0.3, -0.25) is 0 Å². The van der Waals surface area contributed by atoms with E-state index in [1.807, 2.05) is 0 Å². The molecule has 0 saturated carbocycles. The number of hydrogen-bond donors (Lipinski definition) is 0. The van der Waals surface area contributed by atoms with Gasteiger partial charge in [-0.05, 0) is 0 Å². The van der Waals surface area contributed by atoms with Gasteiger partial charge in [-0.1, -0.05) is 18.2 Å². The van der Waals surface area contributed by atoms with Crippen molar-refractivity contribution in [2.45, 2.75) is 0 Å². The third-order valence-electron chi connectivity index (χ3n) is 0.216. The highest BCUT2D eigenvalue weighted by Gasteiger charge is 1.96. The Balaban J connectivity index is 3.05. The van der Waals surface area contributed by atoms with E-state index in [0.29, 0.717) is 22.5 Å². The molecule has 0 aliphatic rings. The molecule has 0 spiro atoms. The van der Waals surface area contributed by atoms with Crippen LogP contribution in [0.3, 0.4) is 0 Å². The third-order valence-corrected chi connectivity index (χ3v) is 0.974. The van der Waals surface area contributed by atoms with Crippen molar-refractivity contribution in [1.82, 2.24) is 0 Å². The maximum atomic E-state index is 9.51. The van der Waals surface area contributed by atoms with Crippen LogP contribution in [0.5, 0.6) is 0 Å². The second-order valence-corrected chi connectivity index (χ2v) is 1.84. The lowest BCUT2D eigenvalue weighted by atomic mass is 10.8. The first-order chi connectivity index (χ1) is 2.77. The number of rotatable bonds is 2. The first-order valence-corrected chi connectivity index (χ1v) is 2.64. The Morgan fingerprint density at radius 1 is 2.00 bits per heavy atom. The Bertz CT molecular complexity index is 71.2. The molecule has 0 atom stereocenters. The van der Waals surface area contributed by atoms with E-state index < -0.39 is 0 Å². The fourth-order valence-corrected chi connectivity index (χ4v) is 0.325. The van der Waals surface area contributed by atoms with Gasteiger partial charge in [-0.2, -0.15) is 0 Å². The lowest BCUT2D eigenvalue weighted by Gasteiger charge is -1.63. The van der Waals surface area contributed by atoms with E-state index in [1.54, 1.807) is 0 Å². The van der Waals surface area contributed by atoms with Gasteiger partial charge in [-0.25, -0.2) is 0 Å². The minimum absolute atomic E-state index is 0.307. The van der Waals surface area contributed by atoms with E-state index in [9.17, 15) is 4.21 Å². The van der Waals surface area contributed by atoms with E-state index in [1.165, 1.54) is 0 Å². The van der Waals surface area contributed by atoms with E-state index >= 15 is 0 Å². The molecule has 0 heterocycles. The van der Waals surface area contributed by atoms with Gasteiger partial charge >= 0.3 is 11.7 Å². The van der Waals surface area contributed by atoms with Crippen LogP contribution in [-0.2, 0) is 15.9 Å². The molecular formula is C3H4ClOS+. The van der Waals surface area contributed by atoms with Crippen LogP contribution < -0.4 is 0 Å². The standard InChI is InChI=1S/C3H4ClOS/c1-3(4)2-6-5/h1-2H2/q+1. The van der Waals surface area contributed by atoms with Crippen LogP contribution in [-0.4, -0.2) is 5.75 Å². The van der Waals surface area contributed by atoms with Crippen LogP contribution in [0.15, 0.2) is 11.6 Å². The molecule has 0 aromatic carbocycles. The summed E-state index contributed by atoms with van der Waals surface area (Å²) in [6.07, 6.45) is 0. The fourth-order valence-electron chi connectivity index (χ4n) is 0.0639. The maximum absolute atomic E-state index is 9.51. The predicted molar refractivity (Wildman–Crippen MR) is 27.9 cm³/mol. The van der Waals surface area contributed by atoms with Crippen molar-refractivity contribution < 1.29 is 4.21 Å². The summed E-state index contributed by atoms with van der Waals surface area (Å²) in [5.74, 6) is 0.307. The molecule has 0 aromatic rings. The van der Waals surface area contributed by atoms with Gasteiger partial charge in [0.2, 0.25) is 0 Å². The second-order valence-electron chi connectivity index (χ2n) is 0.779. The topological polar surface area (TPSA) is 17.1 Å². The summed E-state index contributed by atoms with van der Waals surface area (Å²) >= 11 is 5.59. The Morgan fingerprint density at radius 3 is 2.50 bits per heavy atom. The van der Waals surface area contributed by atoms with Crippen molar-refractivity contribution in [1.29, 1.82) is 0 Å². The SMILES string of the molecule is C=C(Cl)C[S+]=O. The smallest absolute Gasteiger partial charge is 0.0838 e. The van der Waals surface area contributed by atoms with Crippen molar-refractivity contribution in [3.05, 3.63) is 11.6 Å². The van der Waals surface area contributed by atoms with E-state index in [-0.39, 0.29) is 0 Å². The van der Waals surface area contributed by atoms with Gasteiger partial charge in [0.25, 0.3) is 5.75 Å². The molecule has 0 bridgehead atoms. The third kappa shape index (κ3) is 4.05. The van der Waals surface area contributed by atoms with Gasteiger partial charge in [0.1, 0.15) is 0 Å². The van der Waals surface area contributed by atoms with Gasteiger partial charge in [0, 0.05) is 4.21 Å². The van der Waals surface area contributed by atoms with Crippen LogP contribution in [0.1, 0.15) is 0 Å². The minimum Gasteiger partial charge on any atom is -0.0838 e. The van der Waals surface area contributed by atoms with Crippen molar-refractivity contribution >= 4 is 23.3 Å². The van der Waals surface area contributed by atoms with Crippen molar-refractivity contribution in [2.75, 3.05) is 5.75 Å². The summed E-state index contributed by atoms with van der Waals surface area (Å²) in [5.41, 5.74) is 0. The molecule has 0 rings (SSSR count). The molecular weight excluding hydrogens is 120 g/mol. The summed E-state index contributed by atoms with van der Waals surface area (Å²) in [7, 11) is 0. The van der Waals surface area contributed by atoms with Crippen molar-refractivity contribution in [3.63, 3.8) is 0 Å². The highest BCUT2D eigenvalue weighted by Crippen LogP contribution is 1.92.